The van der Waals surface area contributed by atoms with E-state index in [9.17, 15) is 13.6 Å². The standard InChI is InChI=1S/C17H13F2N3OS/c1-8-11(6-20-7-13(8)19)9-2-3-14-15(4-9)24-17(21-14)22-16(23)10-5-12(10)18/h2-4,6-7,10,12H,5H2,1H3,(H,21,22,23)/t10?,12-/m0/s1. The van der Waals surface area contributed by atoms with E-state index >= 15 is 0 Å². The fraction of sp³-hybridized carbons (Fsp3) is 0.235. The molecule has 1 N–H and O–H groups in total. The van der Waals surface area contributed by atoms with Gasteiger partial charge in [0, 0.05) is 11.8 Å². The van der Waals surface area contributed by atoms with E-state index in [1.165, 1.54) is 17.5 Å². The lowest BCUT2D eigenvalue weighted by Crippen LogP contribution is -2.14. The van der Waals surface area contributed by atoms with Crippen LogP contribution in [0.1, 0.15) is 12.0 Å². The minimum Gasteiger partial charge on any atom is -0.302 e. The molecule has 1 saturated carbocycles. The molecule has 2 atom stereocenters. The summed E-state index contributed by atoms with van der Waals surface area (Å²) in [6, 6.07) is 5.55. The maximum atomic E-state index is 13.7. The number of nitrogens with one attached hydrogen (secondary N) is 1. The Labute approximate surface area is 140 Å². The maximum Gasteiger partial charge on any atom is 0.232 e. The van der Waals surface area contributed by atoms with E-state index in [1.54, 1.807) is 13.1 Å². The SMILES string of the molecule is Cc1c(F)cncc1-c1ccc2nc(NC(=O)C3C[C@@H]3F)sc2c1. The zero-order valence-electron chi connectivity index (χ0n) is 12.7. The third kappa shape index (κ3) is 2.65. The molecule has 4 nitrogen and oxygen atoms in total. The Bertz CT molecular complexity index is 956. The molecule has 1 aliphatic carbocycles. The van der Waals surface area contributed by atoms with Crippen molar-refractivity contribution in [2.45, 2.75) is 19.5 Å². The van der Waals surface area contributed by atoms with Gasteiger partial charge in [0.1, 0.15) is 12.0 Å². The number of hydrogen-bond acceptors (Lipinski definition) is 4. The molecule has 1 fully saturated rings. The maximum absolute atomic E-state index is 13.7. The molecule has 1 amide bonds. The van der Waals surface area contributed by atoms with Gasteiger partial charge in [-0.15, -0.1) is 0 Å². The average Bonchev–Trinajstić information content (AvgIpc) is 3.15. The number of carbonyl (C=O) groups excluding carboxylic acids is 1. The Hall–Kier alpha value is -2.41. The van der Waals surface area contributed by atoms with Crippen LogP contribution < -0.4 is 5.32 Å². The third-order valence-corrected chi connectivity index (χ3v) is 5.07. The van der Waals surface area contributed by atoms with Crippen LogP contribution in [-0.2, 0) is 4.79 Å². The topological polar surface area (TPSA) is 54.9 Å². The van der Waals surface area contributed by atoms with Crippen LogP contribution in [0.5, 0.6) is 0 Å². The number of hydrogen-bond donors (Lipinski definition) is 1. The van der Waals surface area contributed by atoms with Crippen molar-refractivity contribution in [3.8, 4) is 11.1 Å². The number of pyridine rings is 1. The van der Waals surface area contributed by atoms with E-state index < -0.39 is 12.1 Å². The molecule has 2 heterocycles. The molecule has 3 aromatic rings. The summed E-state index contributed by atoms with van der Waals surface area (Å²) >= 11 is 1.31. The molecule has 7 heteroatoms. The molecule has 2 aromatic heterocycles. The highest BCUT2D eigenvalue weighted by Crippen LogP contribution is 2.36. The molecule has 0 bridgehead atoms. The van der Waals surface area contributed by atoms with Gasteiger partial charge in [-0.3, -0.25) is 9.78 Å². The number of aromatic nitrogens is 2. The first-order chi connectivity index (χ1) is 11.5. The van der Waals surface area contributed by atoms with Gasteiger partial charge in [0.05, 0.1) is 22.3 Å². The van der Waals surface area contributed by atoms with Crippen molar-refractivity contribution in [2.24, 2.45) is 5.92 Å². The summed E-state index contributed by atoms with van der Waals surface area (Å²) in [7, 11) is 0. The monoisotopic (exact) mass is 345 g/mol. The zero-order chi connectivity index (χ0) is 16.8. The number of benzene rings is 1. The summed E-state index contributed by atoms with van der Waals surface area (Å²) < 4.78 is 27.5. The van der Waals surface area contributed by atoms with Crippen molar-refractivity contribution in [3.63, 3.8) is 0 Å². The third-order valence-electron chi connectivity index (χ3n) is 4.13. The summed E-state index contributed by atoms with van der Waals surface area (Å²) in [6.45, 7) is 1.71. The van der Waals surface area contributed by atoms with Crippen LogP contribution in [0.2, 0.25) is 0 Å². The summed E-state index contributed by atoms with van der Waals surface area (Å²) in [6.07, 6.45) is 2.06. The molecule has 0 spiro atoms. The van der Waals surface area contributed by atoms with Crippen molar-refractivity contribution in [1.29, 1.82) is 0 Å². The fourth-order valence-corrected chi connectivity index (χ4v) is 3.48. The highest BCUT2D eigenvalue weighted by Gasteiger charge is 2.43. The molecule has 122 valence electrons. The molecule has 0 radical (unpaired) electrons. The van der Waals surface area contributed by atoms with Gasteiger partial charge < -0.3 is 5.32 Å². The van der Waals surface area contributed by atoms with Gasteiger partial charge in [-0.05, 0) is 36.6 Å². The van der Waals surface area contributed by atoms with Gasteiger partial charge >= 0.3 is 0 Å². The van der Waals surface area contributed by atoms with Crippen LogP contribution in [0, 0.1) is 18.7 Å². The lowest BCUT2D eigenvalue weighted by molar-refractivity contribution is -0.117. The summed E-state index contributed by atoms with van der Waals surface area (Å²) in [5, 5.41) is 3.10. The van der Waals surface area contributed by atoms with E-state index in [2.05, 4.69) is 15.3 Å². The second-order valence-electron chi connectivity index (χ2n) is 5.84. The second-order valence-corrected chi connectivity index (χ2v) is 6.87. The lowest BCUT2D eigenvalue weighted by Gasteiger charge is -2.05. The van der Waals surface area contributed by atoms with Crippen LogP contribution >= 0.6 is 11.3 Å². The smallest absolute Gasteiger partial charge is 0.232 e. The molecule has 24 heavy (non-hydrogen) atoms. The Morgan fingerprint density at radius 1 is 1.38 bits per heavy atom. The van der Waals surface area contributed by atoms with Crippen LogP contribution in [-0.4, -0.2) is 22.0 Å². The minimum atomic E-state index is -1.03. The van der Waals surface area contributed by atoms with Crippen molar-refractivity contribution < 1.29 is 13.6 Å². The van der Waals surface area contributed by atoms with Gasteiger partial charge in [0.2, 0.25) is 5.91 Å². The first kappa shape index (κ1) is 15.1. The van der Waals surface area contributed by atoms with E-state index in [-0.39, 0.29) is 18.1 Å². The summed E-state index contributed by atoms with van der Waals surface area (Å²) in [5.74, 6) is -1.23. The van der Waals surface area contributed by atoms with Crippen LogP contribution in [0.25, 0.3) is 21.3 Å². The predicted molar refractivity (Wildman–Crippen MR) is 89.2 cm³/mol. The van der Waals surface area contributed by atoms with E-state index in [0.717, 1.165) is 15.8 Å². The largest absolute Gasteiger partial charge is 0.302 e. The lowest BCUT2D eigenvalue weighted by atomic mass is 10.0. The summed E-state index contributed by atoms with van der Waals surface area (Å²) in [4.78, 5) is 20.0. The molecular formula is C17H13F2N3OS. The van der Waals surface area contributed by atoms with Crippen molar-refractivity contribution >= 4 is 32.6 Å². The van der Waals surface area contributed by atoms with Gasteiger partial charge in [-0.2, -0.15) is 0 Å². The number of amides is 1. The fourth-order valence-electron chi connectivity index (χ4n) is 2.57. The Balaban J connectivity index is 1.66. The predicted octanol–water partition coefficient (Wildman–Crippen LogP) is 4.10. The Morgan fingerprint density at radius 3 is 2.92 bits per heavy atom. The van der Waals surface area contributed by atoms with Crippen molar-refractivity contribution in [1.82, 2.24) is 9.97 Å². The molecule has 0 saturated heterocycles. The number of fused-ring (bicyclic) bond motifs is 1. The molecule has 0 aliphatic heterocycles. The van der Waals surface area contributed by atoms with Gasteiger partial charge in [0.15, 0.2) is 5.13 Å². The van der Waals surface area contributed by atoms with Crippen molar-refractivity contribution in [3.05, 3.63) is 42.0 Å². The summed E-state index contributed by atoms with van der Waals surface area (Å²) in [5.41, 5.74) is 2.81. The first-order valence-corrected chi connectivity index (χ1v) is 8.30. The average molecular weight is 345 g/mol. The van der Waals surface area contributed by atoms with Crippen LogP contribution in [0.4, 0.5) is 13.9 Å². The number of anilines is 1. The first-order valence-electron chi connectivity index (χ1n) is 7.49. The Morgan fingerprint density at radius 2 is 2.17 bits per heavy atom. The number of carbonyl (C=O) groups is 1. The molecule has 1 unspecified atom stereocenters. The Kier molecular flexibility index (Phi) is 3.53. The molecular weight excluding hydrogens is 332 g/mol. The minimum absolute atomic E-state index is 0.284. The number of alkyl halides is 1. The van der Waals surface area contributed by atoms with Crippen LogP contribution in [0.15, 0.2) is 30.6 Å². The quantitative estimate of drug-likeness (QED) is 0.777. The van der Waals surface area contributed by atoms with Gasteiger partial charge in [-0.25, -0.2) is 13.8 Å². The zero-order valence-corrected chi connectivity index (χ0v) is 13.5. The van der Waals surface area contributed by atoms with E-state index in [4.69, 9.17) is 0 Å². The molecule has 1 aromatic carbocycles. The normalized spacial score (nSPS) is 19.5. The number of nitrogens with zero attached hydrogens (tertiary/aromatic N) is 2. The highest BCUT2D eigenvalue weighted by molar-refractivity contribution is 7.22. The number of thiazole rings is 1. The number of halogens is 2. The second kappa shape index (κ2) is 5.59. The van der Waals surface area contributed by atoms with E-state index in [1.807, 2.05) is 18.2 Å². The van der Waals surface area contributed by atoms with Crippen LogP contribution in [0.3, 0.4) is 0 Å². The van der Waals surface area contributed by atoms with E-state index in [0.29, 0.717) is 16.3 Å². The number of rotatable bonds is 3. The highest BCUT2D eigenvalue weighted by atomic mass is 32.1. The van der Waals surface area contributed by atoms with Gasteiger partial charge in [0.25, 0.3) is 0 Å². The molecule has 1 aliphatic rings. The van der Waals surface area contributed by atoms with Crippen molar-refractivity contribution in [2.75, 3.05) is 5.32 Å². The molecule has 4 rings (SSSR count). The van der Waals surface area contributed by atoms with Gasteiger partial charge in [-0.1, -0.05) is 17.4 Å².